The molecule has 0 aromatic heterocycles. The quantitative estimate of drug-likeness (QED) is 0.869. The van der Waals surface area contributed by atoms with Crippen LogP contribution in [-0.4, -0.2) is 52.8 Å². The number of hydrogen-bond donors (Lipinski definition) is 2. The number of aliphatic hydroxyl groups is 1. The van der Waals surface area contributed by atoms with Crippen molar-refractivity contribution in [1.29, 1.82) is 0 Å². The molecule has 3 rings (SSSR count). The Balaban J connectivity index is 1.52. The Hall–Kier alpha value is -2.08. The SMILES string of the molecule is CC(C)(C)OC(=O)N1CCC(NC(=O)c2ccc(C3CC3)cc2)C(O)C1. The third kappa shape index (κ3) is 4.75. The number of likely N-dealkylation sites (tertiary alicyclic amines) is 1. The molecule has 6 heteroatoms. The molecular formula is C20H28N2O4. The van der Waals surface area contributed by atoms with Gasteiger partial charge in [-0.1, -0.05) is 12.1 Å². The lowest BCUT2D eigenvalue weighted by Crippen LogP contribution is -2.55. The minimum atomic E-state index is -0.814. The van der Waals surface area contributed by atoms with Gasteiger partial charge < -0.3 is 20.1 Å². The van der Waals surface area contributed by atoms with Crippen LogP contribution in [0.5, 0.6) is 0 Å². The zero-order valence-electron chi connectivity index (χ0n) is 15.7. The predicted octanol–water partition coefficient (Wildman–Crippen LogP) is 2.66. The van der Waals surface area contributed by atoms with Crippen molar-refractivity contribution < 1.29 is 19.4 Å². The van der Waals surface area contributed by atoms with Gasteiger partial charge in [-0.3, -0.25) is 4.79 Å². The molecule has 1 aromatic rings. The second kappa shape index (κ2) is 7.27. The number of aliphatic hydroxyl groups excluding tert-OH is 1. The molecular weight excluding hydrogens is 332 g/mol. The molecule has 2 aliphatic rings. The van der Waals surface area contributed by atoms with Gasteiger partial charge in [-0.25, -0.2) is 4.79 Å². The van der Waals surface area contributed by atoms with E-state index in [-0.39, 0.29) is 18.5 Å². The van der Waals surface area contributed by atoms with Crippen molar-refractivity contribution in [2.45, 2.75) is 63.7 Å². The summed E-state index contributed by atoms with van der Waals surface area (Å²) in [7, 11) is 0. The maximum Gasteiger partial charge on any atom is 0.410 e. The Morgan fingerprint density at radius 2 is 1.81 bits per heavy atom. The highest BCUT2D eigenvalue weighted by Gasteiger charge is 2.33. The van der Waals surface area contributed by atoms with Gasteiger partial charge in [-0.15, -0.1) is 0 Å². The molecule has 2 amide bonds. The normalized spacial score (nSPS) is 23.5. The van der Waals surface area contributed by atoms with Gasteiger partial charge in [0.25, 0.3) is 5.91 Å². The lowest BCUT2D eigenvalue weighted by atomic mass is 10.0. The Morgan fingerprint density at radius 1 is 1.15 bits per heavy atom. The van der Waals surface area contributed by atoms with Crippen LogP contribution in [0, 0.1) is 0 Å². The largest absolute Gasteiger partial charge is 0.444 e. The first-order chi connectivity index (χ1) is 12.2. The number of amides is 2. The maximum atomic E-state index is 12.4. The van der Waals surface area contributed by atoms with Gasteiger partial charge in [0.1, 0.15) is 5.60 Å². The molecule has 2 N–H and O–H groups in total. The van der Waals surface area contributed by atoms with Gasteiger partial charge in [0, 0.05) is 12.1 Å². The average molecular weight is 360 g/mol. The Morgan fingerprint density at radius 3 is 2.35 bits per heavy atom. The van der Waals surface area contributed by atoms with Crippen molar-refractivity contribution in [3.63, 3.8) is 0 Å². The molecule has 2 fully saturated rings. The van der Waals surface area contributed by atoms with Crippen LogP contribution in [0.2, 0.25) is 0 Å². The number of ether oxygens (including phenoxy) is 1. The molecule has 2 atom stereocenters. The van der Waals surface area contributed by atoms with Crippen molar-refractivity contribution >= 4 is 12.0 Å². The smallest absolute Gasteiger partial charge is 0.410 e. The number of β-amino-alcohol motifs (C(OH)–C–C–N with tert-alkyl or cyclic N) is 1. The van der Waals surface area contributed by atoms with E-state index in [4.69, 9.17) is 4.74 Å². The molecule has 142 valence electrons. The van der Waals surface area contributed by atoms with Crippen molar-refractivity contribution in [3.05, 3.63) is 35.4 Å². The van der Waals surface area contributed by atoms with Crippen molar-refractivity contribution in [2.75, 3.05) is 13.1 Å². The third-order valence-electron chi connectivity index (χ3n) is 4.77. The monoisotopic (exact) mass is 360 g/mol. The number of benzene rings is 1. The Labute approximate surface area is 154 Å². The number of carbonyl (C=O) groups is 2. The Kier molecular flexibility index (Phi) is 5.23. The number of nitrogens with one attached hydrogen (secondary N) is 1. The van der Waals surface area contributed by atoms with Crippen LogP contribution in [0.25, 0.3) is 0 Å². The van der Waals surface area contributed by atoms with Crippen LogP contribution in [0.1, 0.15) is 61.9 Å². The second-order valence-electron chi connectivity index (χ2n) is 8.26. The molecule has 1 aromatic carbocycles. The zero-order chi connectivity index (χ0) is 18.9. The van der Waals surface area contributed by atoms with Crippen LogP contribution in [0.3, 0.4) is 0 Å². The van der Waals surface area contributed by atoms with Crippen molar-refractivity contribution in [2.24, 2.45) is 0 Å². The fraction of sp³-hybridized carbons (Fsp3) is 0.600. The molecule has 1 saturated heterocycles. The zero-order valence-corrected chi connectivity index (χ0v) is 15.7. The van der Waals surface area contributed by atoms with Crippen LogP contribution >= 0.6 is 0 Å². The van der Waals surface area contributed by atoms with Gasteiger partial charge in [-0.2, -0.15) is 0 Å². The molecule has 6 nitrogen and oxygen atoms in total. The van der Waals surface area contributed by atoms with E-state index in [0.717, 1.165) is 0 Å². The summed E-state index contributed by atoms with van der Waals surface area (Å²) in [4.78, 5) is 26.0. The van der Waals surface area contributed by atoms with E-state index in [0.29, 0.717) is 24.4 Å². The van der Waals surface area contributed by atoms with Crippen molar-refractivity contribution in [3.8, 4) is 0 Å². The molecule has 0 spiro atoms. The highest BCUT2D eigenvalue weighted by Crippen LogP contribution is 2.39. The highest BCUT2D eigenvalue weighted by atomic mass is 16.6. The Bertz CT molecular complexity index is 661. The fourth-order valence-electron chi connectivity index (χ4n) is 3.17. The summed E-state index contributed by atoms with van der Waals surface area (Å²) >= 11 is 0. The summed E-state index contributed by atoms with van der Waals surface area (Å²) in [6.45, 7) is 6.02. The summed E-state index contributed by atoms with van der Waals surface area (Å²) in [6.07, 6.45) is 1.71. The van der Waals surface area contributed by atoms with E-state index in [2.05, 4.69) is 5.32 Å². The average Bonchev–Trinajstić information content (AvgIpc) is 3.40. The van der Waals surface area contributed by atoms with Gasteiger partial charge in [0.2, 0.25) is 0 Å². The molecule has 1 saturated carbocycles. The topological polar surface area (TPSA) is 78.9 Å². The summed E-state index contributed by atoms with van der Waals surface area (Å²) in [5.74, 6) is 0.466. The van der Waals surface area contributed by atoms with Crippen LogP contribution in [0.15, 0.2) is 24.3 Å². The van der Waals surface area contributed by atoms with Gasteiger partial charge in [0.15, 0.2) is 0 Å². The van der Waals surface area contributed by atoms with E-state index in [9.17, 15) is 14.7 Å². The predicted molar refractivity (Wildman–Crippen MR) is 98.1 cm³/mol. The van der Waals surface area contributed by atoms with Gasteiger partial charge >= 0.3 is 6.09 Å². The molecule has 26 heavy (non-hydrogen) atoms. The van der Waals surface area contributed by atoms with E-state index in [1.54, 1.807) is 0 Å². The summed E-state index contributed by atoms with van der Waals surface area (Å²) in [6, 6.07) is 7.32. The standard InChI is InChI=1S/C20H28N2O4/c1-20(2,3)26-19(25)22-11-10-16(17(23)12-22)21-18(24)15-8-6-14(7-9-15)13-4-5-13/h6-9,13,16-17,23H,4-5,10-12H2,1-3H3,(H,21,24). The molecule has 0 bridgehead atoms. The minimum absolute atomic E-state index is 0.153. The number of rotatable bonds is 3. The molecule has 2 unspecified atom stereocenters. The van der Waals surface area contributed by atoms with Crippen molar-refractivity contribution in [1.82, 2.24) is 10.2 Å². The van der Waals surface area contributed by atoms with Gasteiger partial charge in [0.05, 0.1) is 18.7 Å². The lowest BCUT2D eigenvalue weighted by molar-refractivity contribution is -0.00409. The summed E-state index contributed by atoms with van der Waals surface area (Å²) < 4.78 is 5.34. The summed E-state index contributed by atoms with van der Waals surface area (Å²) in [5.41, 5.74) is 1.31. The second-order valence-corrected chi connectivity index (χ2v) is 8.26. The molecule has 1 heterocycles. The maximum absolute atomic E-state index is 12.4. The molecule has 1 aliphatic heterocycles. The highest BCUT2D eigenvalue weighted by molar-refractivity contribution is 5.94. The van der Waals surface area contributed by atoms with E-state index in [1.807, 2.05) is 45.0 Å². The number of carbonyl (C=O) groups excluding carboxylic acids is 2. The first-order valence-corrected chi connectivity index (χ1v) is 9.30. The van der Waals surface area contributed by atoms with Crippen LogP contribution in [-0.2, 0) is 4.74 Å². The number of nitrogens with zero attached hydrogens (tertiary/aromatic N) is 1. The van der Waals surface area contributed by atoms with E-state index in [1.165, 1.54) is 23.3 Å². The van der Waals surface area contributed by atoms with Crippen LogP contribution in [0.4, 0.5) is 4.79 Å². The first kappa shape index (κ1) is 18.7. The van der Waals surface area contributed by atoms with E-state index >= 15 is 0 Å². The van der Waals surface area contributed by atoms with Gasteiger partial charge in [-0.05, 0) is 63.6 Å². The molecule has 0 radical (unpaired) electrons. The first-order valence-electron chi connectivity index (χ1n) is 9.30. The lowest BCUT2D eigenvalue weighted by Gasteiger charge is -2.36. The van der Waals surface area contributed by atoms with Crippen LogP contribution < -0.4 is 5.32 Å². The molecule has 1 aliphatic carbocycles. The fourth-order valence-corrected chi connectivity index (χ4v) is 3.17. The van der Waals surface area contributed by atoms with E-state index < -0.39 is 17.8 Å². The summed E-state index contributed by atoms with van der Waals surface area (Å²) in [5, 5.41) is 13.2. The third-order valence-corrected chi connectivity index (χ3v) is 4.77. The number of piperidine rings is 1. The minimum Gasteiger partial charge on any atom is -0.444 e. The number of hydrogen-bond acceptors (Lipinski definition) is 4.